The Morgan fingerprint density at radius 3 is 2.45 bits per heavy atom. The summed E-state index contributed by atoms with van der Waals surface area (Å²) in [6.07, 6.45) is 0. The van der Waals surface area contributed by atoms with Crippen molar-refractivity contribution in [2.24, 2.45) is 0 Å². The average molecular weight is 339 g/mol. The number of likely N-dealkylation sites (N-methyl/N-ethyl adjacent to an activating group) is 1. The Kier molecular flexibility index (Phi) is 4.81. The van der Waals surface area contributed by atoms with Crippen LogP contribution < -0.4 is 10.0 Å². The molecule has 1 saturated heterocycles. The largest absolute Gasteiger partial charge is 0.871 e. The molecule has 20 heavy (non-hydrogen) atoms. The highest BCUT2D eigenvalue weighted by Crippen LogP contribution is 2.33. The molecule has 1 aliphatic heterocycles. The molecule has 1 heterocycles. The van der Waals surface area contributed by atoms with Crippen molar-refractivity contribution in [3.05, 3.63) is 22.2 Å². The van der Waals surface area contributed by atoms with Gasteiger partial charge < -0.3 is 10.0 Å². The lowest BCUT2D eigenvalue weighted by Gasteiger charge is -2.32. The predicted octanol–water partition coefficient (Wildman–Crippen LogP) is -0.0239. The van der Waals surface area contributed by atoms with Gasteiger partial charge in [-0.15, -0.1) is 0 Å². The Bertz CT molecular complexity index is 599. The molecule has 0 atom stereocenters. The second-order valence-electron chi connectivity index (χ2n) is 4.72. The molecule has 1 fully saturated rings. The maximum absolute atomic E-state index is 12.5. The zero-order valence-electron chi connectivity index (χ0n) is 11.0. The molecule has 1 aromatic rings. The Morgan fingerprint density at radius 1 is 1.30 bits per heavy atom. The van der Waals surface area contributed by atoms with Crippen LogP contribution in [0.2, 0.25) is 10.0 Å². The Labute approximate surface area is 128 Å². The van der Waals surface area contributed by atoms with Crippen molar-refractivity contribution in [3.8, 4) is 5.75 Å². The first kappa shape index (κ1) is 15.9. The zero-order valence-corrected chi connectivity index (χ0v) is 13.4. The molecule has 1 aliphatic rings. The number of halogens is 2. The highest BCUT2D eigenvalue weighted by Gasteiger charge is 2.30. The molecule has 0 spiro atoms. The first-order valence-electron chi connectivity index (χ1n) is 6.36. The lowest BCUT2D eigenvalue weighted by atomic mass is 10.3. The lowest BCUT2D eigenvalue weighted by molar-refractivity contribution is -0.901. The number of nitrogens with one attached hydrogen (secondary N) is 1. The summed E-state index contributed by atoms with van der Waals surface area (Å²) < 4.78 is 26.3. The van der Waals surface area contributed by atoms with E-state index in [2.05, 4.69) is 6.92 Å². The summed E-state index contributed by atoms with van der Waals surface area (Å²) in [7, 11) is -3.83. The fraction of sp³-hybridized carbons (Fsp3) is 0.500. The number of piperazine rings is 1. The average Bonchev–Trinajstić information content (AvgIpc) is 2.42. The highest BCUT2D eigenvalue weighted by atomic mass is 35.5. The van der Waals surface area contributed by atoms with Gasteiger partial charge in [0.2, 0.25) is 10.0 Å². The first-order valence-corrected chi connectivity index (χ1v) is 8.55. The van der Waals surface area contributed by atoms with Gasteiger partial charge in [-0.05, 0) is 19.1 Å². The van der Waals surface area contributed by atoms with Gasteiger partial charge in [-0.25, -0.2) is 8.42 Å². The van der Waals surface area contributed by atoms with Crippen molar-refractivity contribution < 1.29 is 18.4 Å². The second kappa shape index (κ2) is 6.07. The van der Waals surface area contributed by atoms with E-state index >= 15 is 0 Å². The summed E-state index contributed by atoms with van der Waals surface area (Å²) >= 11 is 11.5. The molecule has 8 heteroatoms. The van der Waals surface area contributed by atoms with Gasteiger partial charge in [0.25, 0.3) is 0 Å². The first-order chi connectivity index (χ1) is 9.36. The molecule has 0 amide bonds. The summed E-state index contributed by atoms with van der Waals surface area (Å²) in [5.41, 5.74) is 0. The molecular weight excluding hydrogens is 323 g/mol. The van der Waals surface area contributed by atoms with Crippen LogP contribution in [0.1, 0.15) is 6.92 Å². The van der Waals surface area contributed by atoms with E-state index in [4.69, 9.17) is 23.2 Å². The third-order valence-electron chi connectivity index (χ3n) is 3.52. The Hall–Kier alpha value is -0.530. The Balaban J connectivity index is 2.32. The minimum absolute atomic E-state index is 0.144. The van der Waals surface area contributed by atoms with E-state index in [-0.39, 0.29) is 14.9 Å². The number of hydrogen-bond donors (Lipinski definition) is 1. The third kappa shape index (κ3) is 3.04. The topological polar surface area (TPSA) is 64.9 Å². The quantitative estimate of drug-likeness (QED) is 0.842. The number of nitrogens with zero attached hydrogens (tertiary/aromatic N) is 1. The van der Waals surface area contributed by atoms with Crippen molar-refractivity contribution in [3.63, 3.8) is 0 Å². The summed E-state index contributed by atoms with van der Waals surface area (Å²) in [6.45, 7) is 5.29. The van der Waals surface area contributed by atoms with Crippen LogP contribution in [0.25, 0.3) is 0 Å². The minimum atomic E-state index is -3.83. The van der Waals surface area contributed by atoms with E-state index in [1.54, 1.807) is 0 Å². The summed E-state index contributed by atoms with van der Waals surface area (Å²) in [5, 5.41) is 11.9. The van der Waals surface area contributed by atoms with E-state index in [9.17, 15) is 13.5 Å². The molecule has 1 aromatic carbocycles. The summed E-state index contributed by atoms with van der Waals surface area (Å²) in [6, 6.07) is 2.42. The van der Waals surface area contributed by atoms with Crippen LogP contribution >= 0.6 is 23.2 Å². The van der Waals surface area contributed by atoms with Crippen LogP contribution in [0.3, 0.4) is 0 Å². The number of hydrogen-bond acceptors (Lipinski definition) is 3. The third-order valence-corrected chi connectivity index (χ3v) is 5.92. The molecule has 2 rings (SSSR count). The fourth-order valence-corrected chi connectivity index (χ4v) is 4.44. The van der Waals surface area contributed by atoms with Crippen molar-refractivity contribution in [2.75, 3.05) is 32.7 Å². The normalized spacial score (nSPS) is 18.4. The van der Waals surface area contributed by atoms with E-state index in [1.165, 1.54) is 21.3 Å². The van der Waals surface area contributed by atoms with Gasteiger partial charge in [0.1, 0.15) is 0 Å². The number of sulfonamides is 1. The molecule has 0 unspecified atom stereocenters. The number of benzene rings is 1. The van der Waals surface area contributed by atoms with Gasteiger partial charge in [0.15, 0.2) is 0 Å². The summed E-state index contributed by atoms with van der Waals surface area (Å²) in [5.74, 6) is -0.693. The minimum Gasteiger partial charge on any atom is -0.871 e. The van der Waals surface area contributed by atoms with E-state index in [0.717, 1.165) is 19.6 Å². The van der Waals surface area contributed by atoms with Crippen LogP contribution in [0.5, 0.6) is 5.75 Å². The molecule has 1 N–H and O–H groups in total. The monoisotopic (exact) mass is 338 g/mol. The van der Waals surface area contributed by atoms with Crippen LogP contribution in [-0.4, -0.2) is 45.4 Å². The van der Waals surface area contributed by atoms with E-state index in [0.29, 0.717) is 13.1 Å². The van der Waals surface area contributed by atoms with Gasteiger partial charge in [-0.3, -0.25) is 0 Å². The molecule has 0 aliphatic carbocycles. The van der Waals surface area contributed by atoms with Crippen molar-refractivity contribution >= 4 is 33.2 Å². The maximum atomic E-state index is 12.5. The molecule has 0 aromatic heterocycles. The van der Waals surface area contributed by atoms with Gasteiger partial charge in [-0.2, -0.15) is 4.31 Å². The van der Waals surface area contributed by atoms with Crippen LogP contribution in [0, 0.1) is 0 Å². The van der Waals surface area contributed by atoms with Crippen LogP contribution in [0.4, 0.5) is 0 Å². The molecule has 112 valence electrons. The molecule has 0 saturated carbocycles. The van der Waals surface area contributed by atoms with E-state index in [1.807, 2.05) is 0 Å². The fourth-order valence-electron chi connectivity index (χ4n) is 2.26. The number of rotatable bonds is 3. The summed E-state index contributed by atoms with van der Waals surface area (Å²) in [4.78, 5) is 1.01. The zero-order chi connectivity index (χ0) is 14.9. The van der Waals surface area contributed by atoms with Crippen molar-refractivity contribution in [1.82, 2.24) is 4.31 Å². The molecule has 0 bridgehead atoms. The van der Waals surface area contributed by atoms with Crippen LogP contribution in [0.15, 0.2) is 17.0 Å². The van der Waals surface area contributed by atoms with Crippen molar-refractivity contribution in [2.45, 2.75) is 11.8 Å². The standard InChI is InChI=1S/C12H16Cl2N2O3S/c1-2-15-3-5-16(6-4-15)20(18,19)11-8-9(13)7-10(14)12(11)17/h7-8,17H,2-6H2,1H3. The lowest BCUT2D eigenvalue weighted by Crippen LogP contribution is -3.14. The van der Waals surface area contributed by atoms with Crippen molar-refractivity contribution in [1.29, 1.82) is 0 Å². The molecular formula is C12H16Cl2N2O3S. The Morgan fingerprint density at radius 2 is 1.90 bits per heavy atom. The smallest absolute Gasteiger partial charge is 0.242 e. The number of quaternary nitrogens is 1. The van der Waals surface area contributed by atoms with E-state index < -0.39 is 15.8 Å². The SMILES string of the molecule is CC[NH+]1CCN(S(=O)(=O)c2cc(Cl)cc(Cl)c2[O-])CC1. The predicted molar refractivity (Wildman–Crippen MR) is 75.9 cm³/mol. The van der Waals surface area contributed by atoms with Crippen LogP contribution in [-0.2, 0) is 10.0 Å². The maximum Gasteiger partial charge on any atom is 0.242 e. The highest BCUT2D eigenvalue weighted by molar-refractivity contribution is 7.89. The van der Waals surface area contributed by atoms with Gasteiger partial charge in [0.05, 0.1) is 37.6 Å². The molecule has 0 radical (unpaired) electrons. The second-order valence-corrected chi connectivity index (χ2v) is 7.47. The molecule has 5 nitrogen and oxygen atoms in total. The van der Waals surface area contributed by atoms with Gasteiger partial charge >= 0.3 is 0 Å². The van der Waals surface area contributed by atoms with Gasteiger partial charge in [-0.1, -0.05) is 29.0 Å². The van der Waals surface area contributed by atoms with Gasteiger partial charge in [0, 0.05) is 10.0 Å².